The molecule has 0 N–H and O–H groups in total. The fraction of sp³-hybridized carbons (Fsp3) is 0.462. The molecule has 0 saturated heterocycles. The standard InChI is InChI=1S/C13H20O3Si/c1-11(10-15-17(2,3)4)16-13(14)12-8-6-5-7-9-12/h5-9,11H,10H2,1-4H3. The molecule has 1 aromatic carbocycles. The maximum Gasteiger partial charge on any atom is 0.338 e. The lowest BCUT2D eigenvalue weighted by atomic mass is 10.2. The number of ether oxygens (including phenoxy) is 1. The molecule has 0 bridgehead atoms. The van der Waals surface area contributed by atoms with Crippen molar-refractivity contribution in [1.29, 1.82) is 0 Å². The number of carbonyl (C=O) groups is 1. The Hall–Kier alpha value is -1.13. The molecule has 1 rings (SSSR count). The normalized spacial score (nSPS) is 13.2. The van der Waals surface area contributed by atoms with E-state index in [1.165, 1.54) is 0 Å². The lowest BCUT2D eigenvalue weighted by Gasteiger charge is -2.20. The first kappa shape index (κ1) is 13.9. The van der Waals surface area contributed by atoms with Gasteiger partial charge in [-0.1, -0.05) is 18.2 Å². The summed E-state index contributed by atoms with van der Waals surface area (Å²) in [6.45, 7) is 8.64. The van der Waals surface area contributed by atoms with Crippen molar-refractivity contribution in [2.24, 2.45) is 0 Å². The van der Waals surface area contributed by atoms with Crippen LogP contribution >= 0.6 is 0 Å². The first-order valence-corrected chi connectivity index (χ1v) is 9.19. The highest BCUT2D eigenvalue weighted by Crippen LogP contribution is 2.07. The molecule has 17 heavy (non-hydrogen) atoms. The van der Waals surface area contributed by atoms with Gasteiger partial charge in [-0.25, -0.2) is 4.79 Å². The van der Waals surface area contributed by atoms with Gasteiger partial charge in [0, 0.05) is 0 Å². The Morgan fingerprint density at radius 2 is 1.82 bits per heavy atom. The maximum atomic E-state index is 11.7. The molecule has 0 spiro atoms. The molecule has 0 aliphatic carbocycles. The predicted octanol–water partition coefficient (Wildman–Crippen LogP) is 3.08. The summed E-state index contributed by atoms with van der Waals surface area (Å²) >= 11 is 0. The van der Waals surface area contributed by atoms with Crippen molar-refractivity contribution >= 4 is 14.3 Å². The predicted molar refractivity (Wildman–Crippen MR) is 70.6 cm³/mol. The summed E-state index contributed by atoms with van der Waals surface area (Å²) in [7, 11) is -1.54. The van der Waals surface area contributed by atoms with E-state index in [2.05, 4.69) is 19.6 Å². The van der Waals surface area contributed by atoms with Gasteiger partial charge in [0.2, 0.25) is 0 Å². The molecule has 0 radical (unpaired) electrons. The lowest BCUT2D eigenvalue weighted by molar-refractivity contribution is 0.0219. The number of carbonyl (C=O) groups excluding carboxylic acids is 1. The van der Waals surface area contributed by atoms with Crippen LogP contribution in [0.15, 0.2) is 30.3 Å². The zero-order valence-corrected chi connectivity index (χ0v) is 11.9. The third-order valence-corrected chi connectivity index (χ3v) is 3.10. The van der Waals surface area contributed by atoms with Gasteiger partial charge in [0.25, 0.3) is 0 Å². The van der Waals surface area contributed by atoms with Crippen molar-refractivity contribution in [2.45, 2.75) is 32.7 Å². The topological polar surface area (TPSA) is 35.5 Å². The van der Waals surface area contributed by atoms with Crippen LogP contribution in [0.2, 0.25) is 19.6 Å². The second-order valence-electron chi connectivity index (χ2n) is 5.01. The van der Waals surface area contributed by atoms with E-state index in [1.807, 2.05) is 25.1 Å². The van der Waals surface area contributed by atoms with E-state index in [0.29, 0.717) is 12.2 Å². The van der Waals surface area contributed by atoms with Crippen LogP contribution in [0.3, 0.4) is 0 Å². The molecule has 0 saturated carbocycles. The molecule has 0 aliphatic rings. The molecule has 0 aliphatic heterocycles. The molecule has 94 valence electrons. The average Bonchev–Trinajstić information content (AvgIpc) is 2.27. The van der Waals surface area contributed by atoms with Crippen molar-refractivity contribution in [1.82, 2.24) is 0 Å². The Morgan fingerprint density at radius 3 is 2.35 bits per heavy atom. The second kappa shape index (κ2) is 5.98. The minimum atomic E-state index is -1.54. The van der Waals surface area contributed by atoms with Crippen LogP contribution in [-0.2, 0) is 9.16 Å². The summed E-state index contributed by atoms with van der Waals surface area (Å²) in [5, 5.41) is 0. The lowest BCUT2D eigenvalue weighted by Crippen LogP contribution is -2.31. The number of hydrogen-bond donors (Lipinski definition) is 0. The van der Waals surface area contributed by atoms with Crippen LogP contribution in [-0.4, -0.2) is 27.0 Å². The fourth-order valence-electron chi connectivity index (χ4n) is 1.23. The van der Waals surface area contributed by atoms with Gasteiger partial charge in [0.15, 0.2) is 8.32 Å². The quantitative estimate of drug-likeness (QED) is 0.597. The second-order valence-corrected chi connectivity index (χ2v) is 9.52. The van der Waals surface area contributed by atoms with E-state index in [9.17, 15) is 4.79 Å². The van der Waals surface area contributed by atoms with E-state index in [-0.39, 0.29) is 12.1 Å². The fourth-order valence-corrected chi connectivity index (χ4v) is 1.96. The van der Waals surface area contributed by atoms with Crippen LogP contribution < -0.4 is 0 Å². The molecule has 0 heterocycles. The van der Waals surface area contributed by atoms with Crippen molar-refractivity contribution < 1.29 is 14.0 Å². The Balaban J connectivity index is 2.42. The zero-order chi connectivity index (χ0) is 12.9. The first-order chi connectivity index (χ1) is 7.88. The summed E-state index contributed by atoms with van der Waals surface area (Å²) in [6.07, 6.45) is -0.213. The highest BCUT2D eigenvalue weighted by molar-refractivity contribution is 6.69. The molecule has 0 fully saturated rings. The van der Waals surface area contributed by atoms with Crippen LogP contribution in [0, 0.1) is 0 Å². The first-order valence-electron chi connectivity index (χ1n) is 5.78. The smallest absolute Gasteiger partial charge is 0.338 e. The summed E-state index contributed by atoms with van der Waals surface area (Å²) in [6, 6.07) is 9.00. The monoisotopic (exact) mass is 252 g/mol. The van der Waals surface area contributed by atoms with Crippen molar-refractivity contribution in [3.8, 4) is 0 Å². The van der Waals surface area contributed by atoms with Crippen molar-refractivity contribution in [3.63, 3.8) is 0 Å². The summed E-state index contributed by atoms with van der Waals surface area (Å²) in [4.78, 5) is 11.7. The number of benzene rings is 1. The van der Waals surface area contributed by atoms with Crippen molar-refractivity contribution in [2.75, 3.05) is 6.61 Å². The van der Waals surface area contributed by atoms with Gasteiger partial charge in [0.05, 0.1) is 12.2 Å². The summed E-state index contributed by atoms with van der Waals surface area (Å²) < 4.78 is 11.0. The average molecular weight is 252 g/mol. The molecule has 1 aromatic rings. The summed E-state index contributed by atoms with van der Waals surface area (Å²) in [5.41, 5.74) is 0.576. The minimum absolute atomic E-state index is 0.213. The van der Waals surface area contributed by atoms with E-state index in [1.54, 1.807) is 12.1 Å². The SMILES string of the molecule is CC(CO[Si](C)(C)C)OC(=O)c1ccccc1. The van der Waals surface area contributed by atoms with Gasteiger partial charge < -0.3 is 9.16 Å². The van der Waals surface area contributed by atoms with Gasteiger partial charge in [-0.2, -0.15) is 0 Å². The molecule has 1 unspecified atom stereocenters. The molecule has 3 nitrogen and oxygen atoms in total. The number of hydrogen-bond acceptors (Lipinski definition) is 3. The molecule has 0 aromatic heterocycles. The third-order valence-electron chi connectivity index (χ3n) is 2.07. The van der Waals surface area contributed by atoms with Crippen LogP contribution in [0.4, 0.5) is 0 Å². The van der Waals surface area contributed by atoms with Gasteiger partial charge in [-0.15, -0.1) is 0 Å². The molecule has 0 amide bonds. The van der Waals surface area contributed by atoms with E-state index < -0.39 is 8.32 Å². The Kier molecular flexibility index (Phi) is 4.90. The van der Waals surface area contributed by atoms with Crippen molar-refractivity contribution in [3.05, 3.63) is 35.9 Å². The number of rotatable bonds is 5. The van der Waals surface area contributed by atoms with Gasteiger partial charge >= 0.3 is 5.97 Å². The molecular formula is C13H20O3Si. The van der Waals surface area contributed by atoms with Gasteiger partial charge in [0.1, 0.15) is 6.10 Å². The number of esters is 1. The third kappa shape index (κ3) is 5.65. The Labute approximate surface area is 104 Å². The van der Waals surface area contributed by atoms with E-state index >= 15 is 0 Å². The van der Waals surface area contributed by atoms with E-state index in [0.717, 1.165) is 0 Å². The highest BCUT2D eigenvalue weighted by atomic mass is 28.4. The minimum Gasteiger partial charge on any atom is -0.457 e. The largest absolute Gasteiger partial charge is 0.457 e. The van der Waals surface area contributed by atoms with E-state index in [4.69, 9.17) is 9.16 Å². The molecule has 4 heteroatoms. The zero-order valence-electron chi connectivity index (χ0n) is 10.9. The van der Waals surface area contributed by atoms with Crippen LogP contribution in [0.25, 0.3) is 0 Å². The summed E-state index contributed by atoms with van der Waals surface area (Å²) in [5.74, 6) is -0.294. The van der Waals surface area contributed by atoms with Crippen LogP contribution in [0.5, 0.6) is 0 Å². The maximum absolute atomic E-state index is 11.7. The Morgan fingerprint density at radius 1 is 1.24 bits per heavy atom. The Bertz CT molecular complexity index is 357. The van der Waals surface area contributed by atoms with Gasteiger partial charge in [-0.3, -0.25) is 0 Å². The molecular weight excluding hydrogens is 232 g/mol. The van der Waals surface area contributed by atoms with Gasteiger partial charge in [-0.05, 0) is 38.7 Å². The molecule has 1 atom stereocenters. The highest BCUT2D eigenvalue weighted by Gasteiger charge is 2.18. The van der Waals surface area contributed by atoms with Crippen LogP contribution in [0.1, 0.15) is 17.3 Å².